The van der Waals surface area contributed by atoms with Crippen LogP contribution < -0.4 is 5.32 Å². The third-order valence-electron chi connectivity index (χ3n) is 4.71. The van der Waals surface area contributed by atoms with Crippen LogP contribution in [-0.4, -0.2) is 43.6 Å². The predicted octanol–water partition coefficient (Wildman–Crippen LogP) is 3.90. The zero-order valence-corrected chi connectivity index (χ0v) is 15.4. The lowest BCUT2D eigenvalue weighted by atomic mass is 10.1. The van der Waals surface area contributed by atoms with Crippen molar-refractivity contribution in [3.8, 4) is 0 Å². The van der Waals surface area contributed by atoms with E-state index >= 15 is 0 Å². The highest BCUT2D eigenvalue weighted by molar-refractivity contribution is 5.94. The molecule has 28 heavy (non-hydrogen) atoms. The quantitative estimate of drug-likeness (QED) is 0.759. The Balaban J connectivity index is 1.44. The van der Waals surface area contributed by atoms with Crippen molar-refractivity contribution in [2.24, 2.45) is 0 Å². The summed E-state index contributed by atoms with van der Waals surface area (Å²) in [5.74, 6) is -0.491. The van der Waals surface area contributed by atoms with E-state index in [1.165, 1.54) is 12.1 Å². The summed E-state index contributed by atoms with van der Waals surface area (Å²) in [6.45, 7) is 3.45. The van der Waals surface area contributed by atoms with Crippen LogP contribution in [0.2, 0.25) is 0 Å². The van der Waals surface area contributed by atoms with Crippen LogP contribution in [0.1, 0.15) is 34.0 Å². The molecule has 1 N–H and O–H groups in total. The van der Waals surface area contributed by atoms with Crippen LogP contribution in [0, 0.1) is 0 Å². The molecule has 1 heterocycles. The van der Waals surface area contributed by atoms with Gasteiger partial charge in [0.1, 0.15) is 0 Å². The summed E-state index contributed by atoms with van der Waals surface area (Å²) in [5, 5.41) is 2.70. The van der Waals surface area contributed by atoms with Gasteiger partial charge < -0.3 is 10.1 Å². The third kappa shape index (κ3) is 5.56. The van der Waals surface area contributed by atoms with Gasteiger partial charge in [0, 0.05) is 31.7 Å². The Morgan fingerprint density at radius 2 is 1.93 bits per heavy atom. The summed E-state index contributed by atoms with van der Waals surface area (Å²) in [6, 6.07) is 14.5. The van der Waals surface area contributed by atoms with E-state index < -0.39 is 17.6 Å². The molecule has 7 heteroatoms. The van der Waals surface area contributed by atoms with Crippen LogP contribution in [0.4, 0.5) is 13.2 Å². The first-order chi connectivity index (χ1) is 13.4. The maximum Gasteiger partial charge on any atom is 0.416 e. The first kappa shape index (κ1) is 20.4. The first-order valence-corrected chi connectivity index (χ1v) is 9.28. The monoisotopic (exact) mass is 392 g/mol. The predicted molar refractivity (Wildman–Crippen MR) is 100.0 cm³/mol. The van der Waals surface area contributed by atoms with Gasteiger partial charge in [-0.1, -0.05) is 36.4 Å². The van der Waals surface area contributed by atoms with Crippen LogP contribution in [0.25, 0.3) is 0 Å². The second kappa shape index (κ2) is 9.21. The van der Waals surface area contributed by atoms with Crippen LogP contribution in [0.15, 0.2) is 54.6 Å². The van der Waals surface area contributed by atoms with Gasteiger partial charge in [0.25, 0.3) is 5.91 Å². The zero-order chi connectivity index (χ0) is 20.0. The van der Waals surface area contributed by atoms with Gasteiger partial charge in [-0.2, -0.15) is 13.2 Å². The largest absolute Gasteiger partial charge is 0.416 e. The number of hydrogen-bond donors (Lipinski definition) is 1. The Hall–Kier alpha value is -2.38. The van der Waals surface area contributed by atoms with Gasteiger partial charge in [0.05, 0.1) is 18.3 Å². The smallest absolute Gasteiger partial charge is 0.371 e. The van der Waals surface area contributed by atoms with Gasteiger partial charge in [0.15, 0.2) is 0 Å². The Kier molecular flexibility index (Phi) is 6.70. The van der Waals surface area contributed by atoms with E-state index in [0.717, 1.165) is 37.3 Å². The van der Waals surface area contributed by atoms with Crippen molar-refractivity contribution in [3.05, 3.63) is 71.3 Å². The molecule has 0 bridgehead atoms. The minimum absolute atomic E-state index is 0.0188. The topological polar surface area (TPSA) is 41.6 Å². The van der Waals surface area contributed by atoms with Gasteiger partial charge in [0.2, 0.25) is 0 Å². The summed E-state index contributed by atoms with van der Waals surface area (Å²) in [6.07, 6.45) is -3.71. The lowest BCUT2D eigenvalue weighted by Gasteiger charge is -2.33. The van der Waals surface area contributed by atoms with E-state index in [0.29, 0.717) is 19.6 Å². The molecule has 1 amide bonds. The molecule has 0 unspecified atom stereocenters. The van der Waals surface area contributed by atoms with Crippen molar-refractivity contribution in [3.63, 3.8) is 0 Å². The molecule has 1 saturated heterocycles. The van der Waals surface area contributed by atoms with Crippen molar-refractivity contribution in [2.45, 2.75) is 18.7 Å². The maximum atomic E-state index is 12.8. The molecule has 4 nitrogen and oxygen atoms in total. The van der Waals surface area contributed by atoms with Crippen molar-refractivity contribution >= 4 is 5.91 Å². The van der Waals surface area contributed by atoms with Crippen molar-refractivity contribution in [1.29, 1.82) is 0 Å². The van der Waals surface area contributed by atoms with Crippen molar-refractivity contribution in [2.75, 3.05) is 32.8 Å². The number of ether oxygens (including phenoxy) is 1. The van der Waals surface area contributed by atoms with Gasteiger partial charge >= 0.3 is 6.18 Å². The molecule has 3 rings (SSSR count). The van der Waals surface area contributed by atoms with Crippen molar-refractivity contribution < 1.29 is 22.7 Å². The van der Waals surface area contributed by atoms with E-state index in [1.807, 2.05) is 30.3 Å². The standard InChI is InChI=1S/C21H23F3N2O2/c22-21(23,24)18-9-4-8-17(14-18)20(27)25-10-5-11-26-12-13-28-19(15-26)16-6-2-1-3-7-16/h1-4,6-9,14,19H,5,10-13,15H2,(H,25,27)/t19-/m0/s1. The number of rotatable bonds is 6. The lowest BCUT2D eigenvalue weighted by molar-refractivity contribution is -0.137. The van der Waals surface area contributed by atoms with Gasteiger partial charge in [-0.15, -0.1) is 0 Å². The highest BCUT2D eigenvalue weighted by Crippen LogP contribution is 2.29. The molecule has 1 aliphatic rings. The highest BCUT2D eigenvalue weighted by atomic mass is 19.4. The molecule has 1 atom stereocenters. The molecule has 0 spiro atoms. The number of carbonyl (C=O) groups is 1. The number of morpholine rings is 1. The lowest BCUT2D eigenvalue weighted by Crippen LogP contribution is -2.39. The van der Waals surface area contributed by atoms with E-state index in [2.05, 4.69) is 10.2 Å². The number of nitrogens with zero attached hydrogens (tertiary/aromatic N) is 1. The van der Waals surface area contributed by atoms with Crippen LogP contribution in [0.3, 0.4) is 0 Å². The maximum absolute atomic E-state index is 12.8. The average molecular weight is 392 g/mol. The first-order valence-electron chi connectivity index (χ1n) is 9.28. The molecule has 0 saturated carbocycles. The second-order valence-corrected chi connectivity index (χ2v) is 6.76. The van der Waals surface area contributed by atoms with E-state index in [4.69, 9.17) is 4.74 Å². The average Bonchev–Trinajstić information content (AvgIpc) is 2.71. The minimum atomic E-state index is -4.46. The number of alkyl halides is 3. The summed E-state index contributed by atoms with van der Waals surface area (Å²) < 4.78 is 44.1. The summed E-state index contributed by atoms with van der Waals surface area (Å²) >= 11 is 0. The second-order valence-electron chi connectivity index (χ2n) is 6.76. The van der Waals surface area contributed by atoms with E-state index in [-0.39, 0.29) is 11.7 Å². The summed E-state index contributed by atoms with van der Waals surface area (Å²) in [4.78, 5) is 14.4. The Morgan fingerprint density at radius 1 is 1.14 bits per heavy atom. The normalized spacial score (nSPS) is 18.0. The van der Waals surface area contributed by atoms with Crippen molar-refractivity contribution in [1.82, 2.24) is 10.2 Å². The summed E-state index contributed by atoms with van der Waals surface area (Å²) in [5.41, 5.74) is 0.343. The highest BCUT2D eigenvalue weighted by Gasteiger charge is 2.30. The number of benzene rings is 2. The molecular weight excluding hydrogens is 369 g/mol. The van der Waals surface area contributed by atoms with Gasteiger partial charge in [-0.3, -0.25) is 9.69 Å². The Morgan fingerprint density at radius 3 is 2.68 bits per heavy atom. The number of carbonyl (C=O) groups excluding carboxylic acids is 1. The van der Waals surface area contributed by atoms with Crippen LogP contribution in [-0.2, 0) is 10.9 Å². The number of halogens is 3. The van der Waals surface area contributed by atoms with Crippen LogP contribution >= 0.6 is 0 Å². The number of nitrogens with one attached hydrogen (secondary N) is 1. The van der Waals surface area contributed by atoms with Gasteiger partial charge in [-0.25, -0.2) is 0 Å². The van der Waals surface area contributed by atoms with Crippen LogP contribution in [0.5, 0.6) is 0 Å². The molecule has 0 radical (unpaired) electrons. The molecule has 2 aromatic carbocycles. The third-order valence-corrected chi connectivity index (χ3v) is 4.71. The molecule has 1 fully saturated rings. The fourth-order valence-corrected chi connectivity index (χ4v) is 3.22. The molecule has 0 aliphatic carbocycles. The zero-order valence-electron chi connectivity index (χ0n) is 15.4. The fraction of sp³-hybridized carbons (Fsp3) is 0.381. The minimum Gasteiger partial charge on any atom is -0.371 e. The van der Waals surface area contributed by atoms with E-state index in [9.17, 15) is 18.0 Å². The fourth-order valence-electron chi connectivity index (χ4n) is 3.22. The number of amides is 1. The number of hydrogen-bond acceptors (Lipinski definition) is 3. The molecular formula is C21H23F3N2O2. The molecule has 150 valence electrons. The molecule has 0 aromatic heterocycles. The molecule has 1 aliphatic heterocycles. The molecule has 2 aromatic rings. The SMILES string of the molecule is O=C(NCCCN1CCO[C@H](c2ccccc2)C1)c1cccc(C(F)(F)F)c1. The van der Waals surface area contributed by atoms with E-state index in [1.54, 1.807) is 0 Å². The summed E-state index contributed by atoms with van der Waals surface area (Å²) in [7, 11) is 0. The van der Waals surface area contributed by atoms with Gasteiger partial charge in [-0.05, 0) is 30.2 Å². The Bertz CT molecular complexity index is 781. The Labute approximate surface area is 162 Å².